The zero-order valence-corrected chi connectivity index (χ0v) is 12.6. The molecule has 0 saturated heterocycles. The molecular weight excluding hydrogens is 250 g/mol. The van der Waals surface area contributed by atoms with E-state index >= 15 is 0 Å². The Kier molecular flexibility index (Phi) is 6.73. The van der Waals surface area contributed by atoms with Gasteiger partial charge in [-0.25, -0.2) is 0 Å². The van der Waals surface area contributed by atoms with Crippen molar-refractivity contribution in [1.29, 1.82) is 0 Å². The van der Waals surface area contributed by atoms with Gasteiger partial charge in [0.2, 0.25) is 0 Å². The van der Waals surface area contributed by atoms with Gasteiger partial charge in [-0.15, -0.1) is 11.8 Å². The summed E-state index contributed by atoms with van der Waals surface area (Å²) in [6, 6.07) is 0.498. The van der Waals surface area contributed by atoms with E-state index in [1.165, 1.54) is 43.6 Å². The van der Waals surface area contributed by atoms with Crippen LogP contribution >= 0.6 is 23.3 Å². The van der Waals surface area contributed by atoms with Crippen LogP contribution in [0, 0.1) is 0 Å². The molecule has 0 radical (unpaired) electrons. The molecule has 3 N–H and O–H groups in total. The molecule has 3 nitrogen and oxygen atoms in total. The normalized spacial score (nSPS) is 12.6. The highest BCUT2D eigenvalue weighted by Gasteiger charge is 2.12. The first-order valence-corrected chi connectivity index (χ1v) is 8.24. The third-order valence-electron chi connectivity index (χ3n) is 2.75. The number of nitrogens with zero attached hydrogens (tertiary/aromatic N) is 1. The topological polar surface area (TPSA) is 50.9 Å². The van der Waals surface area contributed by atoms with Crippen LogP contribution < -0.4 is 11.1 Å². The summed E-state index contributed by atoms with van der Waals surface area (Å²) in [6.45, 7) is 4.47. The van der Waals surface area contributed by atoms with Gasteiger partial charge in [-0.3, -0.25) is 0 Å². The van der Waals surface area contributed by atoms with Crippen LogP contribution in [0.25, 0.3) is 0 Å². The number of thioether (sulfide) groups is 1. The van der Waals surface area contributed by atoms with Gasteiger partial charge in [-0.2, -0.15) is 4.37 Å². The molecule has 17 heavy (non-hydrogen) atoms. The van der Waals surface area contributed by atoms with E-state index in [9.17, 15) is 0 Å². The van der Waals surface area contributed by atoms with E-state index in [4.69, 9.17) is 5.73 Å². The second-order valence-electron chi connectivity index (χ2n) is 4.32. The fraction of sp³-hybridized carbons (Fsp3) is 0.750. The lowest BCUT2D eigenvalue weighted by molar-refractivity contribution is 0.594. The smallest absolute Gasteiger partial charge is 0.153 e. The number of nitrogen functional groups attached to an aromatic ring is 1. The summed E-state index contributed by atoms with van der Waals surface area (Å²) in [5.41, 5.74) is 5.81. The fourth-order valence-corrected chi connectivity index (χ4v) is 3.40. The molecular formula is C12H23N3S2. The molecule has 5 heteroatoms. The molecule has 0 aliphatic heterocycles. The first-order chi connectivity index (χ1) is 8.19. The maximum absolute atomic E-state index is 5.81. The predicted octanol–water partition coefficient (Wildman–Crippen LogP) is 4.22. The highest BCUT2D eigenvalue weighted by Crippen LogP contribution is 2.35. The molecule has 1 aromatic heterocycles. The maximum Gasteiger partial charge on any atom is 0.153 e. The summed E-state index contributed by atoms with van der Waals surface area (Å²) in [7, 11) is 0. The van der Waals surface area contributed by atoms with E-state index < -0.39 is 0 Å². The standard InChI is InChI=1S/C12H23N3S2/c1-4-5-6-7-8-9(2)14-12-10(16-3)11(13)15-17-12/h9,14H,4-8H2,1-3H3,(H2,13,15). The van der Waals surface area contributed by atoms with Crippen LogP contribution in [0.2, 0.25) is 0 Å². The first kappa shape index (κ1) is 14.6. The predicted molar refractivity (Wildman–Crippen MR) is 80.2 cm³/mol. The number of nitrogens with one attached hydrogen (secondary N) is 1. The second kappa shape index (κ2) is 7.82. The third-order valence-corrected chi connectivity index (χ3v) is 4.49. The summed E-state index contributed by atoms with van der Waals surface area (Å²) in [6.07, 6.45) is 8.52. The number of unbranched alkanes of at least 4 members (excludes halogenated alkanes) is 3. The molecule has 0 spiro atoms. The van der Waals surface area contributed by atoms with E-state index in [0.29, 0.717) is 11.9 Å². The van der Waals surface area contributed by atoms with Crippen LogP contribution in [0.5, 0.6) is 0 Å². The lowest BCUT2D eigenvalue weighted by Gasteiger charge is -2.14. The molecule has 1 atom stereocenters. The van der Waals surface area contributed by atoms with Gasteiger partial charge in [-0.05, 0) is 31.1 Å². The van der Waals surface area contributed by atoms with Gasteiger partial charge < -0.3 is 11.1 Å². The van der Waals surface area contributed by atoms with Crippen LogP contribution in [-0.4, -0.2) is 16.7 Å². The first-order valence-electron chi connectivity index (χ1n) is 6.24. The molecule has 0 fully saturated rings. The Bertz CT molecular complexity index is 326. The highest BCUT2D eigenvalue weighted by molar-refractivity contribution is 7.99. The van der Waals surface area contributed by atoms with Crippen molar-refractivity contribution in [2.75, 3.05) is 17.3 Å². The van der Waals surface area contributed by atoms with Crippen molar-refractivity contribution in [3.63, 3.8) is 0 Å². The Morgan fingerprint density at radius 1 is 1.41 bits per heavy atom. The van der Waals surface area contributed by atoms with Crippen LogP contribution in [0.15, 0.2) is 4.90 Å². The van der Waals surface area contributed by atoms with Crippen molar-refractivity contribution in [2.24, 2.45) is 0 Å². The van der Waals surface area contributed by atoms with Crippen LogP contribution in [0.1, 0.15) is 46.0 Å². The summed E-state index contributed by atoms with van der Waals surface area (Å²) in [5.74, 6) is 0.656. The molecule has 1 heterocycles. The summed E-state index contributed by atoms with van der Waals surface area (Å²) in [5, 5.41) is 4.64. The number of anilines is 2. The monoisotopic (exact) mass is 273 g/mol. The van der Waals surface area contributed by atoms with Crippen molar-refractivity contribution >= 4 is 34.1 Å². The van der Waals surface area contributed by atoms with Crippen LogP contribution in [0.4, 0.5) is 10.8 Å². The molecule has 0 bridgehead atoms. The minimum Gasteiger partial charge on any atom is -0.382 e. The van der Waals surface area contributed by atoms with E-state index in [2.05, 4.69) is 23.5 Å². The quantitative estimate of drug-likeness (QED) is 0.550. The largest absolute Gasteiger partial charge is 0.382 e. The lowest BCUT2D eigenvalue weighted by atomic mass is 10.1. The molecule has 98 valence electrons. The van der Waals surface area contributed by atoms with Crippen LogP contribution in [-0.2, 0) is 0 Å². The Labute approximate surface area is 113 Å². The minimum absolute atomic E-state index is 0.498. The van der Waals surface area contributed by atoms with Gasteiger partial charge >= 0.3 is 0 Å². The summed E-state index contributed by atoms with van der Waals surface area (Å²) in [4.78, 5) is 1.09. The van der Waals surface area contributed by atoms with Gasteiger partial charge in [0.15, 0.2) is 5.82 Å². The Morgan fingerprint density at radius 3 is 2.82 bits per heavy atom. The van der Waals surface area contributed by atoms with Crippen molar-refractivity contribution in [3.05, 3.63) is 0 Å². The third kappa shape index (κ3) is 4.76. The SMILES string of the molecule is CCCCCCC(C)Nc1snc(N)c1SC. The number of nitrogens with two attached hydrogens (primary N) is 1. The van der Waals surface area contributed by atoms with Gasteiger partial charge in [0, 0.05) is 6.04 Å². The molecule has 0 saturated carbocycles. The zero-order chi connectivity index (χ0) is 12.7. The molecule has 1 rings (SSSR count). The average molecular weight is 273 g/mol. The van der Waals surface area contributed by atoms with Gasteiger partial charge in [-0.1, -0.05) is 32.6 Å². The van der Waals surface area contributed by atoms with Crippen molar-refractivity contribution in [1.82, 2.24) is 4.37 Å². The molecule has 0 aliphatic rings. The van der Waals surface area contributed by atoms with Crippen molar-refractivity contribution in [2.45, 2.75) is 56.9 Å². The number of hydrogen-bond acceptors (Lipinski definition) is 5. The molecule has 0 aromatic carbocycles. The molecule has 0 amide bonds. The van der Waals surface area contributed by atoms with Gasteiger partial charge in [0.25, 0.3) is 0 Å². The number of rotatable bonds is 8. The average Bonchev–Trinajstić information content (AvgIpc) is 2.65. The Morgan fingerprint density at radius 2 is 2.18 bits per heavy atom. The lowest BCUT2D eigenvalue weighted by Crippen LogP contribution is -2.14. The number of aromatic nitrogens is 1. The van der Waals surface area contributed by atoms with E-state index in [0.717, 1.165) is 9.90 Å². The maximum atomic E-state index is 5.81. The van der Waals surface area contributed by atoms with E-state index in [1.54, 1.807) is 11.8 Å². The molecule has 0 aliphatic carbocycles. The highest BCUT2D eigenvalue weighted by atomic mass is 32.2. The molecule has 1 unspecified atom stereocenters. The Hall–Kier alpha value is -0.420. The van der Waals surface area contributed by atoms with E-state index in [1.807, 2.05) is 6.26 Å². The van der Waals surface area contributed by atoms with Crippen molar-refractivity contribution < 1.29 is 0 Å². The van der Waals surface area contributed by atoms with Gasteiger partial charge in [0.05, 0.1) is 4.90 Å². The summed E-state index contributed by atoms with van der Waals surface area (Å²) >= 11 is 3.13. The molecule has 1 aromatic rings. The van der Waals surface area contributed by atoms with Crippen molar-refractivity contribution in [3.8, 4) is 0 Å². The number of hydrogen-bond donors (Lipinski definition) is 2. The Balaban J connectivity index is 2.36. The second-order valence-corrected chi connectivity index (χ2v) is 5.91. The summed E-state index contributed by atoms with van der Waals surface area (Å²) < 4.78 is 4.19. The zero-order valence-electron chi connectivity index (χ0n) is 11.0. The van der Waals surface area contributed by atoms with Gasteiger partial charge in [0.1, 0.15) is 5.00 Å². The van der Waals surface area contributed by atoms with E-state index in [-0.39, 0.29) is 0 Å². The fourth-order valence-electron chi connectivity index (χ4n) is 1.76. The minimum atomic E-state index is 0.498. The van der Waals surface area contributed by atoms with Crippen LogP contribution in [0.3, 0.4) is 0 Å².